The maximum atomic E-state index is 12.9. The van der Waals surface area contributed by atoms with Crippen molar-refractivity contribution < 1.29 is 24.0 Å². The van der Waals surface area contributed by atoms with E-state index in [1.165, 1.54) is 31.4 Å². The van der Waals surface area contributed by atoms with Crippen molar-refractivity contribution in [1.29, 1.82) is 0 Å². The second-order valence-electron chi connectivity index (χ2n) is 7.36. The zero-order valence-corrected chi connectivity index (χ0v) is 19.7. The number of halogens is 2. The van der Waals surface area contributed by atoms with Gasteiger partial charge in [-0.15, -0.1) is 0 Å². The molecule has 0 saturated carbocycles. The molecule has 11 heteroatoms. The van der Waals surface area contributed by atoms with Crippen molar-refractivity contribution in [2.75, 3.05) is 12.0 Å². The number of nitro groups is 1. The molecule has 0 aliphatic carbocycles. The van der Waals surface area contributed by atoms with E-state index in [1.807, 2.05) is 0 Å². The van der Waals surface area contributed by atoms with Gasteiger partial charge < -0.3 is 14.8 Å². The number of ether oxygens (including phenoxy) is 2. The number of nitrogens with one attached hydrogen (secondary N) is 1. The molecule has 0 atom stereocenters. The molecular formula is C24H17Cl2N3O6. The van der Waals surface area contributed by atoms with Crippen molar-refractivity contribution >= 4 is 52.6 Å². The molecule has 3 amide bonds. The lowest BCUT2D eigenvalue weighted by Gasteiger charge is -2.14. The van der Waals surface area contributed by atoms with Gasteiger partial charge in [-0.2, -0.15) is 0 Å². The minimum atomic E-state index is -0.613. The first kappa shape index (κ1) is 24.1. The van der Waals surface area contributed by atoms with Crippen LogP contribution in [-0.2, 0) is 11.4 Å². The van der Waals surface area contributed by atoms with Gasteiger partial charge in [0.2, 0.25) is 0 Å². The summed E-state index contributed by atoms with van der Waals surface area (Å²) in [6.45, 7) is 0.0152. The topological polar surface area (TPSA) is 111 Å². The van der Waals surface area contributed by atoms with E-state index >= 15 is 0 Å². The van der Waals surface area contributed by atoms with Gasteiger partial charge in [-0.05, 0) is 47.5 Å². The first-order valence-corrected chi connectivity index (χ1v) is 10.9. The largest absolute Gasteiger partial charge is 0.493 e. The third-order valence-electron chi connectivity index (χ3n) is 5.01. The van der Waals surface area contributed by atoms with Crippen LogP contribution >= 0.6 is 23.2 Å². The van der Waals surface area contributed by atoms with E-state index in [0.29, 0.717) is 21.8 Å². The molecule has 0 aromatic heterocycles. The molecule has 3 aromatic carbocycles. The van der Waals surface area contributed by atoms with Gasteiger partial charge in [0.1, 0.15) is 12.3 Å². The van der Waals surface area contributed by atoms with Gasteiger partial charge in [0.05, 0.1) is 22.7 Å². The molecule has 178 valence electrons. The highest BCUT2D eigenvalue weighted by Crippen LogP contribution is 2.38. The Balaban J connectivity index is 1.57. The predicted octanol–water partition coefficient (Wildman–Crippen LogP) is 5.59. The minimum absolute atomic E-state index is 0.0152. The summed E-state index contributed by atoms with van der Waals surface area (Å²) in [4.78, 5) is 36.8. The number of anilines is 1. The number of hydrogen-bond donors (Lipinski definition) is 1. The van der Waals surface area contributed by atoms with Crippen molar-refractivity contribution in [3.05, 3.63) is 97.6 Å². The maximum Gasteiger partial charge on any atom is 0.333 e. The summed E-state index contributed by atoms with van der Waals surface area (Å²) in [6, 6.07) is 14.9. The lowest BCUT2D eigenvalue weighted by atomic mass is 10.1. The van der Waals surface area contributed by atoms with E-state index in [1.54, 1.807) is 42.5 Å². The van der Waals surface area contributed by atoms with Crippen LogP contribution in [0.15, 0.2) is 66.4 Å². The highest BCUT2D eigenvalue weighted by Gasteiger charge is 2.35. The number of imide groups is 1. The number of rotatable bonds is 7. The summed E-state index contributed by atoms with van der Waals surface area (Å²) in [5, 5.41) is 14.1. The van der Waals surface area contributed by atoms with Crippen LogP contribution in [0, 0.1) is 10.1 Å². The fourth-order valence-electron chi connectivity index (χ4n) is 3.43. The highest BCUT2D eigenvalue weighted by molar-refractivity contribution is 6.33. The summed E-state index contributed by atoms with van der Waals surface area (Å²) in [5.41, 5.74) is 1.37. The Bertz CT molecular complexity index is 1380. The first-order chi connectivity index (χ1) is 16.8. The molecule has 0 bridgehead atoms. The zero-order valence-electron chi connectivity index (χ0n) is 18.2. The average molecular weight is 514 g/mol. The van der Waals surface area contributed by atoms with E-state index in [0.717, 1.165) is 4.90 Å². The normalized spacial score (nSPS) is 14.3. The van der Waals surface area contributed by atoms with Gasteiger partial charge in [-0.1, -0.05) is 41.4 Å². The van der Waals surface area contributed by atoms with Gasteiger partial charge in [-0.25, -0.2) is 9.69 Å². The Kier molecular flexibility index (Phi) is 6.90. The van der Waals surface area contributed by atoms with Crippen LogP contribution in [0.1, 0.15) is 11.1 Å². The van der Waals surface area contributed by atoms with E-state index < -0.39 is 16.9 Å². The molecule has 1 aliphatic heterocycles. The Labute approximate surface area is 209 Å². The van der Waals surface area contributed by atoms with Crippen LogP contribution < -0.4 is 19.7 Å². The Morgan fingerprint density at radius 2 is 1.86 bits per heavy atom. The molecule has 0 unspecified atom stereocenters. The molecule has 0 spiro atoms. The summed E-state index contributed by atoms with van der Waals surface area (Å²) in [5.74, 6) is -0.0539. The van der Waals surface area contributed by atoms with Crippen LogP contribution in [0.4, 0.5) is 16.2 Å². The van der Waals surface area contributed by atoms with Crippen molar-refractivity contribution in [3.8, 4) is 11.5 Å². The molecule has 9 nitrogen and oxygen atoms in total. The number of carbonyl (C=O) groups is 2. The number of hydrogen-bond acceptors (Lipinski definition) is 6. The van der Waals surface area contributed by atoms with Gasteiger partial charge in [0.15, 0.2) is 11.5 Å². The van der Waals surface area contributed by atoms with Crippen molar-refractivity contribution in [2.24, 2.45) is 0 Å². The van der Waals surface area contributed by atoms with Crippen LogP contribution in [0.2, 0.25) is 10.0 Å². The van der Waals surface area contributed by atoms with Crippen LogP contribution in [0.25, 0.3) is 6.08 Å². The number of urea groups is 1. The van der Waals surface area contributed by atoms with E-state index in [4.69, 9.17) is 32.7 Å². The van der Waals surface area contributed by atoms with Crippen molar-refractivity contribution in [2.45, 2.75) is 6.61 Å². The van der Waals surface area contributed by atoms with Crippen LogP contribution in [0.3, 0.4) is 0 Å². The summed E-state index contributed by atoms with van der Waals surface area (Å²) >= 11 is 12.4. The Morgan fingerprint density at radius 3 is 2.57 bits per heavy atom. The van der Waals surface area contributed by atoms with Crippen LogP contribution in [-0.4, -0.2) is 24.0 Å². The number of non-ortho nitro benzene ring substituents is 1. The SMILES string of the molecule is COc1cc(/C=C2/NC(=O)N(c3cccc(Cl)c3)C2=O)cc(Cl)c1OCc1cccc([N+](=O)[O-])c1. The number of amides is 3. The fraction of sp³-hybridized carbons (Fsp3) is 0.0833. The highest BCUT2D eigenvalue weighted by atomic mass is 35.5. The Morgan fingerprint density at radius 1 is 1.09 bits per heavy atom. The standard InChI is InChI=1S/C24H17Cl2N3O6/c1-34-21-11-15(9-19(26)22(21)35-13-14-4-2-7-18(8-14)29(32)33)10-20-23(30)28(24(31)27-20)17-6-3-5-16(25)12-17/h2-12H,13H2,1H3,(H,27,31)/b20-10+. The summed E-state index contributed by atoms with van der Waals surface area (Å²) in [7, 11) is 1.42. The van der Waals surface area contributed by atoms with E-state index in [-0.39, 0.29) is 34.5 Å². The molecule has 3 aromatic rings. The third kappa shape index (κ3) is 5.21. The molecule has 35 heavy (non-hydrogen) atoms. The number of carbonyl (C=O) groups excluding carboxylic acids is 2. The fourth-order valence-corrected chi connectivity index (χ4v) is 3.89. The van der Waals surface area contributed by atoms with Gasteiger partial charge in [-0.3, -0.25) is 14.9 Å². The Hall–Kier alpha value is -4.08. The second kappa shape index (κ2) is 10.0. The first-order valence-electron chi connectivity index (χ1n) is 10.1. The van der Waals surface area contributed by atoms with Crippen molar-refractivity contribution in [3.63, 3.8) is 0 Å². The number of benzene rings is 3. The summed E-state index contributed by atoms with van der Waals surface area (Å²) < 4.78 is 11.2. The average Bonchev–Trinajstić information content (AvgIpc) is 3.10. The van der Waals surface area contributed by atoms with Crippen LogP contribution in [0.5, 0.6) is 11.5 Å². The quantitative estimate of drug-likeness (QED) is 0.191. The van der Waals surface area contributed by atoms with Crippen molar-refractivity contribution in [1.82, 2.24) is 5.32 Å². The van der Waals surface area contributed by atoms with Gasteiger partial charge in [0.25, 0.3) is 11.6 Å². The molecule has 1 fully saturated rings. The zero-order chi connectivity index (χ0) is 25.1. The molecule has 1 aliphatic rings. The number of methoxy groups -OCH3 is 1. The molecule has 1 saturated heterocycles. The number of nitrogens with zero attached hydrogens (tertiary/aromatic N) is 2. The van der Waals surface area contributed by atoms with E-state index in [9.17, 15) is 19.7 Å². The summed E-state index contributed by atoms with van der Waals surface area (Å²) in [6.07, 6.45) is 1.46. The lowest BCUT2D eigenvalue weighted by Crippen LogP contribution is -2.30. The molecular weight excluding hydrogens is 497 g/mol. The van der Waals surface area contributed by atoms with Gasteiger partial charge in [0, 0.05) is 17.2 Å². The maximum absolute atomic E-state index is 12.9. The molecule has 1 heterocycles. The predicted molar refractivity (Wildman–Crippen MR) is 131 cm³/mol. The third-order valence-corrected chi connectivity index (χ3v) is 5.53. The van der Waals surface area contributed by atoms with Gasteiger partial charge >= 0.3 is 6.03 Å². The number of nitro benzene ring substituents is 1. The minimum Gasteiger partial charge on any atom is -0.493 e. The monoisotopic (exact) mass is 513 g/mol. The molecule has 4 rings (SSSR count). The second-order valence-corrected chi connectivity index (χ2v) is 8.20. The smallest absolute Gasteiger partial charge is 0.333 e. The molecule has 1 N–H and O–H groups in total. The molecule has 0 radical (unpaired) electrons. The van der Waals surface area contributed by atoms with E-state index in [2.05, 4.69) is 5.32 Å². The lowest BCUT2D eigenvalue weighted by molar-refractivity contribution is -0.384.